The van der Waals surface area contributed by atoms with E-state index < -0.39 is 0 Å². The molecular formula is C16H20N2O2. The molecule has 0 atom stereocenters. The predicted molar refractivity (Wildman–Crippen MR) is 78.4 cm³/mol. The summed E-state index contributed by atoms with van der Waals surface area (Å²) in [5.74, 6) is 0.913. The van der Waals surface area contributed by atoms with Crippen LogP contribution in [0.25, 0.3) is 0 Å². The fourth-order valence-corrected chi connectivity index (χ4v) is 2.14. The topological polar surface area (TPSA) is 44.1 Å². The number of ether oxygens (including phenoxy) is 1. The molecular weight excluding hydrogens is 252 g/mol. The highest BCUT2D eigenvalue weighted by Gasteiger charge is 2.20. The number of carbonyl (C=O) groups is 1. The zero-order valence-electron chi connectivity index (χ0n) is 12.4. The Kier molecular flexibility index (Phi) is 4.23. The van der Waals surface area contributed by atoms with Gasteiger partial charge in [-0.3, -0.25) is 9.48 Å². The molecule has 4 heteroatoms. The maximum atomic E-state index is 12.6. The van der Waals surface area contributed by atoms with E-state index in [0.29, 0.717) is 29.5 Å². The van der Waals surface area contributed by atoms with Gasteiger partial charge in [0.1, 0.15) is 0 Å². The molecule has 0 aliphatic rings. The molecule has 2 rings (SSSR count). The summed E-state index contributed by atoms with van der Waals surface area (Å²) in [6.07, 6.45) is 1.58. The van der Waals surface area contributed by atoms with E-state index in [4.69, 9.17) is 4.74 Å². The Labute approximate surface area is 119 Å². The van der Waals surface area contributed by atoms with E-state index in [2.05, 4.69) is 18.9 Å². The van der Waals surface area contributed by atoms with Gasteiger partial charge in [0.15, 0.2) is 11.4 Å². The molecule has 0 unspecified atom stereocenters. The Morgan fingerprint density at radius 2 is 1.95 bits per heavy atom. The minimum Gasteiger partial charge on any atom is -0.493 e. The fourth-order valence-electron chi connectivity index (χ4n) is 2.14. The minimum absolute atomic E-state index is 0.0588. The van der Waals surface area contributed by atoms with E-state index in [0.717, 1.165) is 0 Å². The summed E-state index contributed by atoms with van der Waals surface area (Å²) in [6, 6.07) is 7.72. The van der Waals surface area contributed by atoms with Crippen molar-refractivity contribution in [3.05, 3.63) is 47.3 Å². The van der Waals surface area contributed by atoms with Crippen molar-refractivity contribution in [1.82, 2.24) is 9.78 Å². The Balaban J connectivity index is 2.38. The average molecular weight is 272 g/mol. The van der Waals surface area contributed by atoms with E-state index in [-0.39, 0.29) is 5.78 Å². The van der Waals surface area contributed by atoms with Crippen LogP contribution in [0.5, 0.6) is 5.75 Å². The second kappa shape index (κ2) is 5.90. The summed E-state index contributed by atoms with van der Waals surface area (Å²) < 4.78 is 6.89. The molecule has 0 radical (unpaired) electrons. The average Bonchev–Trinajstić information content (AvgIpc) is 2.89. The summed E-state index contributed by atoms with van der Waals surface area (Å²) in [4.78, 5) is 12.6. The zero-order chi connectivity index (χ0) is 14.7. The summed E-state index contributed by atoms with van der Waals surface area (Å²) in [6.45, 7) is 6.84. The van der Waals surface area contributed by atoms with Crippen LogP contribution in [0.15, 0.2) is 30.5 Å². The molecule has 0 fully saturated rings. The number of nitrogens with zero attached hydrogens (tertiary/aromatic N) is 2. The lowest BCUT2D eigenvalue weighted by atomic mass is 9.99. The number of rotatable bonds is 5. The standard InChI is InChI=1S/C16H20N2O2/c1-5-18-15(14(20-4)10-17-18)16(19)13-8-6-12(7-9-13)11(2)3/h6-11H,5H2,1-4H3. The second-order valence-corrected chi connectivity index (χ2v) is 4.98. The largest absolute Gasteiger partial charge is 0.493 e. The molecule has 0 spiro atoms. The van der Waals surface area contributed by atoms with Crippen molar-refractivity contribution >= 4 is 5.78 Å². The molecule has 0 aliphatic carbocycles. The van der Waals surface area contributed by atoms with E-state index >= 15 is 0 Å². The summed E-state index contributed by atoms with van der Waals surface area (Å²) in [5, 5.41) is 4.17. The van der Waals surface area contributed by atoms with Crippen molar-refractivity contribution in [3.63, 3.8) is 0 Å². The van der Waals surface area contributed by atoms with Crippen molar-refractivity contribution in [2.24, 2.45) is 0 Å². The third-order valence-corrected chi connectivity index (χ3v) is 3.38. The molecule has 1 aromatic carbocycles. The van der Waals surface area contributed by atoms with Crippen LogP contribution in [0.3, 0.4) is 0 Å². The number of aromatic nitrogens is 2. The molecule has 0 aliphatic heterocycles. The molecule has 106 valence electrons. The van der Waals surface area contributed by atoms with Gasteiger partial charge in [-0.2, -0.15) is 5.10 Å². The van der Waals surface area contributed by atoms with E-state index in [1.54, 1.807) is 18.0 Å². The Bertz CT molecular complexity index is 576. The lowest BCUT2D eigenvalue weighted by molar-refractivity contribution is 0.102. The van der Waals surface area contributed by atoms with E-state index in [1.165, 1.54) is 5.56 Å². The molecule has 4 nitrogen and oxygen atoms in total. The van der Waals surface area contributed by atoms with Crippen LogP contribution < -0.4 is 4.74 Å². The number of hydrogen-bond acceptors (Lipinski definition) is 3. The Morgan fingerprint density at radius 1 is 1.30 bits per heavy atom. The van der Waals surface area contributed by atoms with Crippen LogP contribution >= 0.6 is 0 Å². The van der Waals surface area contributed by atoms with Gasteiger partial charge >= 0.3 is 0 Å². The van der Waals surface area contributed by atoms with Gasteiger partial charge < -0.3 is 4.74 Å². The Hall–Kier alpha value is -2.10. The molecule has 1 aromatic heterocycles. The number of hydrogen-bond donors (Lipinski definition) is 0. The van der Waals surface area contributed by atoms with Crippen LogP contribution in [0.1, 0.15) is 48.3 Å². The summed E-state index contributed by atoms with van der Waals surface area (Å²) in [7, 11) is 1.55. The summed E-state index contributed by atoms with van der Waals surface area (Å²) in [5.41, 5.74) is 2.38. The minimum atomic E-state index is -0.0588. The van der Waals surface area contributed by atoms with Gasteiger partial charge in [-0.15, -0.1) is 0 Å². The summed E-state index contributed by atoms with van der Waals surface area (Å²) >= 11 is 0. The van der Waals surface area contributed by atoms with Gasteiger partial charge in [0, 0.05) is 12.1 Å². The maximum absolute atomic E-state index is 12.6. The van der Waals surface area contributed by atoms with Crippen LogP contribution in [-0.2, 0) is 6.54 Å². The monoisotopic (exact) mass is 272 g/mol. The van der Waals surface area contributed by atoms with Gasteiger partial charge in [-0.05, 0) is 18.4 Å². The van der Waals surface area contributed by atoms with Crippen molar-refractivity contribution < 1.29 is 9.53 Å². The highest BCUT2D eigenvalue weighted by Crippen LogP contribution is 2.22. The molecule has 0 saturated carbocycles. The van der Waals surface area contributed by atoms with Gasteiger partial charge in [0.2, 0.25) is 5.78 Å². The fraction of sp³-hybridized carbons (Fsp3) is 0.375. The molecule has 0 N–H and O–H groups in total. The van der Waals surface area contributed by atoms with Gasteiger partial charge in [0.05, 0.1) is 13.3 Å². The van der Waals surface area contributed by atoms with Crippen LogP contribution in [0.2, 0.25) is 0 Å². The molecule has 20 heavy (non-hydrogen) atoms. The van der Waals surface area contributed by atoms with E-state index in [1.807, 2.05) is 31.2 Å². The first-order valence-corrected chi connectivity index (χ1v) is 6.83. The maximum Gasteiger partial charge on any atom is 0.214 e. The van der Waals surface area contributed by atoms with Crippen LogP contribution in [0, 0.1) is 0 Å². The second-order valence-electron chi connectivity index (χ2n) is 4.98. The molecule has 0 amide bonds. The number of benzene rings is 1. The van der Waals surface area contributed by atoms with Gasteiger partial charge in [-0.1, -0.05) is 38.1 Å². The third-order valence-electron chi connectivity index (χ3n) is 3.38. The van der Waals surface area contributed by atoms with E-state index in [9.17, 15) is 4.79 Å². The normalized spacial score (nSPS) is 10.8. The number of methoxy groups -OCH3 is 1. The molecule has 0 bridgehead atoms. The number of aryl methyl sites for hydroxylation is 1. The number of carbonyl (C=O) groups excluding carboxylic acids is 1. The van der Waals surface area contributed by atoms with Crippen molar-refractivity contribution in [1.29, 1.82) is 0 Å². The lowest BCUT2D eigenvalue weighted by Gasteiger charge is -2.08. The smallest absolute Gasteiger partial charge is 0.214 e. The van der Waals surface area contributed by atoms with Crippen molar-refractivity contribution in [2.75, 3.05) is 7.11 Å². The first-order chi connectivity index (χ1) is 9.58. The number of ketones is 1. The highest BCUT2D eigenvalue weighted by atomic mass is 16.5. The first-order valence-electron chi connectivity index (χ1n) is 6.83. The Morgan fingerprint density at radius 3 is 2.45 bits per heavy atom. The SMILES string of the molecule is CCn1ncc(OC)c1C(=O)c1ccc(C(C)C)cc1. The predicted octanol–water partition coefficient (Wildman–Crippen LogP) is 3.27. The third kappa shape index (κ3) is 2.59. The first kappa shape index (κ1) is 14.3. The molecule has 2 aromatic rings. The molecule has 0 saturated heterocycles. The zero-order valence-corrected chi connectivity index (χ0v) is 12.4. The van der Waals surface area contributed by atoms with Gasteiger partial charge in [0.25, 0.3) is 0 Å². The van der Waals surface area contributed by atoms with Gasteiger partial charge in [-0.25, -0.2) is 0 Å². The molecule has 1 heterocycles. The van der Waals surface area contributed by atoms with Crippen LogP contribution in [0.4, 0.5) is 0 Å². The quantitative estimate of drug-likeness (QED) is 0.785. The highest BCUT2D eigenvalue weighted by molar-refractivity contribution is 6.09. The van der Waals surface area contributed by atoms with Crippen molar-refractivity contribution in [3.8, 4) is 5.75 Å². The van der Waals surface area contributed by atoms with Crippen LogP contribution in [-0.4, -0.2) is 22.7 Å². The van der Waals surface area contributed by atoms with Crippen molar-refractivity contribution in [2.45, 2.75) is 33.2 Å². The lowest BCUT2D eigenvalue weighted by Crippen LogP contribution is -2.11.